The molecule has 4 N–H and O–H groups in total. The van der Waals surface area contributed by atoms with Gasteiger partial charge in [-0.2, -0.15) is 35.0 Å². The van der Waals surface area contributed by atoms with E-state index in [1.54, 1.807) is 30.5 Å². The largest absolute Gasteiger partial charge is 0.493 e. The highest BCUT2D eigenvalue weighted by atomic mass is 16.5. The highest BCUT2D eigenvalue weighted by molar-refractivity contribution is 5.80. The van der Waals surface area contributed by atoms with E-state index in [4.69, 9.17) is 4.74 Å². The number of hydrogen-bond acceptors (Lipinski definition) is 9. The minimum Gasteiger partial charge on any atom is -0.493 e. The number of benzene rings is 1. The number of fused-ring (bicyclic) bond motifs is 2. The summed E-state index contributed by atoms with van der Waals surface area (Å²) in [6.07, 6.45) is 5.06. The van der Waals surface area contributed by atoms with Crippen LogP contribution in [0.2, 0.25) is 0 Å². The lowest BCUT2D eigenvalue weighted by molar-refractivity contribution is 0.439. The fourth-order valence-electron chi connectivity index (χ4n) is 3.13. The number of rotatable bonds is 4. The van der Waals surface area contributed by atoms with Crippen LogP contribution >= 0.6 is 0 Å². The number of aromatic hydroxyl groups is 1. The quantitative estimate of drug-likeness (QED) is 0.302. The van der Waals surface area contributed by atoms with Crippen LogP contribution in [0.5, 0.6) is 17.6 Å². The standard InChI is InChI=1S/C18H14N10O3/c29-15-11(21-17(30)23-15)6-8-7-19-28-14(8)22-18(24-16(28)20-9-4-5-9)31-12-3-1-2-10-13(12)26-27-25-10/h1-3,6-7,9,29H,4-5H2,(H2,21,23,30)(H,25,26,27)/b8-6-,20-16?. The zero-order valence-electron chi connectivity index (χ0n) is 15.8. The van der Waals surface area contributed by atoms with Gasteiger partial charge >= 0.3 is 11.7 Å². The number of imidazole rings is 1. The van der Waals surface area contributed by atoms with E-state index in [0.29, 0.717) is 33.3 Å². The van der Waals surface area contributed by atoms with Crippen molar-refractivity contribution >= 4 is 22.8 Å². The monoisotopic (exact) mass is 418 g/mol. The van der Waals surface area contributed by atoms with Gasteiger partial charge in [0.1, 0.15) is 11.2 Å². The topological polar surface area (TPSA) is 175 Å². The van der Waals surface area contributed by atoms with Crippen LogP contribution in [0.25, 0.3) is 22.8 Å². The molecule has 5 aromatic rings. The molecule has 1 aliphatic carbocycles. The number of nitrogens with zero attached hydrogens (tertiary/aromatic N) is 7. The lowest BCUT2D eigenvalue weighted by atomic mass is 10.3. The normalized spacial score (nSPS) is 15.4. The van der Waals surface area contributed by atoms with Gasteiger partial charge in [-0.05, 0) is 31.1 Å². The van der Waals surface area contributed by atoms with Gasteiger partial charge in [-0.3, -0.25) is 4.98 Å². The summed E-state index contributed by atoms with van der Waals surface area (Å²) in [5.41, 5.74) is 1.62. The Morgan fingerprint density at radius 1 is 1.23 bits per heavy atom. The van der Waals surface area contributed by atoms with Crippen LogP contribution < -0.4 is 21.3 Å². The summed E-state index contributed by atoms with van der Waals surface area (Å²) in [7, 11) is 0. The molecule has 0 aliphatic heterocycles. The Morgan fingerprint density at radius 2 is 2.13 bits per heavy atom. The molecule has 1 saturated carbocycles. The Labute approximate surface area is 171 Å². The highest BCUT2D eigenvalue weighted by Gasteiger charge is 2.21. The van der Waals surface area contributed by atoms with Gasteiger partial charge in [0.25, 0.3) is 5.62 Å². The molecule has 4 heterocycles. The molecule has 0 radical (unpaired) electrons. The maximum atomic E-state index is 11.4. The summed E-state index contributed by atoms with van der Waals surface area (Å²) in [5.74, 6) is 0.154. The second-order valence-electron chi connectivity index (χ2n) is 7.04. The second kappa shape index (κ2) is 6.48. The minimum absolute atomic E-state index is 0.0596. The molecule has 0 spiro atoms. The van der Waals surface area contributed by atoms with Crippen LogP contribution in [-0.4, -0.2) is 56.1 Å². The van der Waals surface area contributed by atoms with Gasteiger partial charge < -0.3 is 14.8 Å². The van der Waals surface area contributed by atoms with E-state index in [0.717, 1.165) is 12.8 Å². The summed E-state index contributed by atoms with van der Waals surface area (Å²) in [6.45, 7) is 0. The van der Waals surface area contributed by atoms with Gasteiger partial charge in [0.15, 0.2) is 16.9 Å². The van der Waals surface area contributed by atoms with E-state index in [1.165, 1.54) is 4.52 Å². The van der Waals surface area contributed by atoms with Crippen LogP contribution in [-0.2, 0) is 0 Å². The van der Waals surface area contributed by atoms with Crippen molar-refractivity contribution in [3.05, 3.63) is 51.4 Å². The molecule has 0 saturated heterocycles. The third kappa shape index (κ3) is 3.08. The van der Waals surface area contributed by atoms with E-state index in [9.17, 15) is 9.90 Å². The molecule has 0 amide bonds. The van der Waals surface area contributed by atoms with Crippen molar-refractivity contribution < 1.29 is 9.84 Å². The fraction of sp³-hybridized carbons (Fsp3) is 0.167. The van der Waals surface area contributed by atoms with Crippen molar-refractivity contribution in [2.24, 2.45) is 4.99 Å². The fourth-order valence-corrected chi connectivity index (χ4v) is 3.13. The molecule has 13 heteroatoms. The number of hydrogen-bond donors (Lipinski definition) is 4. The Kier molecular flexibility index (Phi) is 3.62. The van der Waals surface area contributed by atoms with Crippen molar-refractivity contribution in [2.75, 3.05) is 0 Å². The van der Waals surface area contributed by atoms with Crippen molar-refractivity contribution in [2.45, 2.75) is 18.9 Å². The molecular weight excluding hydrogens is 404 g/mol. The number of aromatic amines is 3. The van der Waals surface area contributed by atoms with Crippen molar-refractivity contribution in [3.63, 3.8) is 0 Å². The first-order valence-electron chi connectivity index (χ1n) is 9.44. The maximum Gasteiger partial charge on any atom is 0.327 e. The molecule has 0 bridgehead atoms. The number of para-hydroxylation sites is 1. The predicted molar refractivity (Wildman–Crippen MR) is 105 cm³/mol. The van der Waals surface area contributed by atoms with E-state index in [1.807, 2.05) is 0 Å². The van der Waals surface area contributed by atoms with Crippen molar-refractivity contribution in [1.29, 1.82) is 0 Å². The van der Waals surface area contributed by atoms with Gasteiger partial charge in [0, 0.05) is 5.22 Å². The molecule has 0 atom stereocenters. The Balaban J connectivity index is 1.54. The van der Waals surface area contributed by atoms with Gasteiger partial charge in [-0.25, -0.2) is 9.79 Å². The molecule has 0 unspecified atom stereocenters. The van der Waals surface area contributed by atoms with E-state index >= 15 is 0 Å². The summed E-state index contributed by atoms with van der Waals surface area (Å²) >= 11 is 0. The van der Waals surface area contributed by atoms with Crippen LogP contribution in [0.15, 0.2) is 34.2 Å². The number of H-pyrrole nitrogens is 3. The van der Waals surface area contributed by atoms with Crippen LogP contribution in [0.4, 0.5) is 0 Å². The van der Waals surface area contributed by atoms with Crippen molar-refractivity contribution in [3.8, 4) is 17.6 Å². The zero-order valence-corrected chi connectivity index (χ0v) is 15.8. The molecule has 4 aromatic heterocycles. The van der Waals surface area contributed by atoms with Gasteiger partial charge in [-0.15, -0.1) is 0 Å². The molecule has 31 heavy (non-hydrogen) atoms. The van der Waals surface area contributed by atoms with Crippen LogP contribution in [0.3, 0.4) is 0 Å². The highest BCUT2D eigenvalue weighted by Crippen LogP contribution is 2.25. The summed E-state index contributed by atoms with van der Waals surface area (Å²) in [5, 5.41) is 25.4. The average molecular weight is 418 g/mol. The van der Waals surface area contributed by atoms with Gasteiger partial charge in [-0.1, -0.05) is 6.07 Å². The summed E-state index contributed by atoms with van der Waals surface area (Å²) in [6, 6.07) is 5.58. The van der Waals surface area contributed by atoms with Gasteiger partial charge in [0.05, 0.1) is 12.2 Å². The molecular formula is C18H14N10O3. The lowest BCUT2D eigenvalue weighted by Crippen LogP contribution is -2.23. The molecule has 1 aliphatic rings. The van der Waals surface area contributed by atoms with Crippen molar-refractivity contribution in [1.82, 2.24) is 45.0 Å². The predicted octanol–water partition coefficient (Wildman–Crippen LogP) is -0.479. The molecule has 154 valence electrons. The Morgan fingerprint density at radius 3 is 2.94 bits per heavy atom. The third-order valence-corrected chi connectivity index (χ3v) is 4.75. The van der Waals surface area contributed by atoms with E-state index in [-0.39, 0.29) is 23.6 Å². The van der Waals surface area contributed by atoms with Gasteiger partial charge in [0.2, 0.25) is 5.88 Å². The molecule has 6 rings (SSSR count). The Hall–Kier alpha value is -4.55. The number of aromatic nitrogens is 9. The molecule has 1 fully saturated rings. The van der Waals surface area contributed by atoms with Crippen LogP contribution in [0, 0.1) is 0 Å². The summed E-state index contributed by atoms with van der Waals surface area (Å²) < 4.78 is 7.43. The first kappa shape index (κ1) is 17.3. The van der Waals surface area contributed by atoms with E-state index in [2.05, 4.69) is 45.4 Å². The number of nitrogens with one attached hydrogen (secondary N) is 3. The maximum absolute atomic E-state index is 11.4. The lowest BCUT2D eigenvalue weighted by Gasteiger charge is -2.04. The van der Waals surface area contributed by atoms with E-state index < -0.39 is 5.69 Å². The smallest absolute Gasteiger partial charge is 0.327 e. The average Bonchev–Trinajstić information content (AvgIpc) is 3.13. The van der Waals surface area contributed by atoms with Crippen LogP contribution in [0.1, 0.15) is 18.5 Å². The Bertz CT molecular complexity index is 1620. The minimum atomic E-state index is -0.524. The SMILES string of the molecule is O=c1[nH]c(O)c(/C=c2/cnn3c(=NC4CC4)nc(Oc4cccc5n[nH]nc45)nc23)[nH]1. The third-order valence-electron chi connectivity index (χ3n) is 4.75. The number of ether oxygens (including phenoxy) is 1. The summed E-state index contributed by atoms with van der Waals surface area (Å²) in [4.78, 5) is 29.7. The second-order valence-corrected chi connectivity index (χ2v) is 7.04. The first-order chi connectivity index (χ1) is 15.1. The molecule has 1 aromatic carbocycles. The first-order valence-corrected chi connectivity index (χ1v) is 9.44. The molecule has 13 nitrogen and oxygen atoms in total. The zero-order chi connectivity index (χ0) is 20.9.